The third-order valence-corrected chi connectivity index (χ3v) is 2.73. The molecule has 12 heavy (non-hydrogen) atoms. The highest BCUT2D eigenvalue weighted by Gasteiger charge is 2.16. The lowest BCUT2D eigenvalue weighted by Gasteiger charge is -2.00. The van der Waals surface area contributed by atoms with Crippen LogP contribution >= 0.6 is 11.6 Å². The van der Waals surface area contributed by atoms with E-state index >= 15 is 0 Å². The molecule has 0 heterocycles. The number of fused-ring (bicyclic) bond motifs is 1. The molecule has 0 bridgehead atoms. The first-order valence-electron chi connectivity index (χ1n) is 3.92. The number of hydrogen-bond donors (Lipinski definition) is 1. The summed E-state index contributed by atoms with van der Waals surface area (Å²) in [5.41, 5.74) is 10.1. The molecule has 2 rings (SSSR count). The molecule has 0 unspecified atom stereocenters. The molecule has 0 saturated carbocycles. The summed E-state index contributed by atoms with van der Waals surface area (Å²) >= 11 is 6.09. The van der Waals surface area contributed by atoms with Gasteiger partial charge in [0.25, 0.3) is 0 Å². The molecule has 0 aliphatic heterocycles. The summed E-state index contributed by atoms with van der Waals surface area (Å²) in [7, 11) is 0. The van der Waals surface area contributed by atoms with Crippen LogP contribution in [-0.2, 0) is 6.42 Å². The Balaban J connectivity index is 2.60. The molecule has 0 fully saturated rings. The molecule has 1 aliphatic rings. The van der Waals surface area contributed by atoms with Gasteiger partial charge < -0.3 is 5.73 Å². The highest BCUT2D eigenvalue weighted by molar-refractivity contribution is 6.50. The van der Waals surface area contributed by atoms with Crippen molar-refractivity contribution in [1.29, 1.82) is 0 Å². The molecule has 0 atom stereocenters. The second-order valence-corrected chi connectivity index (χ2v) is 3.57. The van der Waals surface area contributed by atoms with Crippen LogP contribution in [0.2, 0.25) is 0 Å². The SMILES string of the molecule is CC1=C(Cl)c2cc(N)ccc2C1. The molecule has 1 aromatic carbocycles. The van der Waals surface area contributed by atoms with Gasteiger partial charge in [-0.25, -0.2) is 0 Å². The molecular weight excluding hydrogens is 170 g/mol. The first-order chi connectivity index (χ1) is 5.68. The standard InChI is InChI=1S/C10H10ClN/c1-6-4-7-2-3-8(12)5-9(7)10(6)11/h2-3,5H,4,12H2,1H3. The van der Waals surface area contributed by atoms with Crippen molar-refractivity contribution in [2.75, 3.05) is 5.73 Å². The highest BCUT2D eigenvalue weighted by atomic mass is 35.5. The van der Waals surface area contributed by atoms with Gasteiger partial charge in [-0.15, -0.1) is 0 Å². The first-order valence-corrected chi connectivity index (χ1v) is 4.30. The van der Waals surface area contributed by atoms with Gasteiger partial charge in [-0.3, -0.25) is 0 Å². The average molecular weight is 180 g/mol. The number of benzene rings is 1. The van der Waals surface area contributed by atoms with Crippen LogP contribution in [0.25, 0.3) is 5.03 Å². The molecule has 0 spiro atoms. The van der Waals surface area contributed by atoms with Gasteiger partial charge in [-0.2, -0.15) is 0 Å². The number of hydrogen-bond acceptors (Lipinski definition) is 1. The zero-order valence-corrected chi connectivity index (χ0v) is 7.65. The zero-order valence-electron chi connectivity index (χ0n) is 6.89. The van der Waals surface area contributed by atoms with Crippen LogP contribution in [0.15, 0.2) is 23.8 Å². The number of halogens is 1. The monoisotopic (exact) mass is 179 g/mol. The molecule has 1 nitrogen and oxygen atoms in total. The second kappa shape index (κ2) is 2.53. The third-order valence-electron chi connectivity index (χ3n) is 2.20. The van der Waals surface area contributed by atoms with E-state index in [0.717, 1.165) is 22.7 Å². The van der Waals surface area contributed by atoms with Crippen molar-refractivity contribution < 1.29 is 0 Å². The summed E-state index contributed by atoms with van der Waals surface area (Å²) in [6, 6.07) is 5.90. The summed E-state index contributed by atoms with van der Waals surface area (Å²) in [5, 5.41) is 0.873. The van der Waals surface area contributed by atoms with E-state index < -0.39 is 0 Å². The van der Waals surface area contributed by atoms with Crippen molar-refractivity contribution in [2.24, 2.45) is 0 Å². The van der Waals surface area contributed by atoms with Gasteiger partial charge in [0.15, 0.2) is 0 Å². The smallest absolute Gasteiger partial charge is 0.0474 e. The molecular formula is C10H10ClN. The largest absolute Gasteiger partial charge is 0.399 e. The van der Waals surface area contributed by atoms with Crippen LogP contribution in [0.3, 0.4) is 0 Å². The van der Waals surface area contributed by atoms with Crippen LogP contribution in [-0.4, -0.2) is 0 Å². The van der Waals surface area contributed by atoms with Gasteiger partial charge in [-0.05, 0) is 42.2 Å². The minimum absolute atomic E-state index is 0.779. The maximum Gasteiger partial charge on any atom is 0.0474 e. The Hall–Kier alpha value is -0.950. The lowest BCUT2D eigenvalue weighted by molar-refractivity contribution is 1.20. The van der Waals surface area contributed by atoms with Gasteiger partial charge in [0, 0.05) is 10.7 Å². The molecule has 0 amide bonds. The van der Waals surface area contributed by atoms with Crippen LogP contribution in [0.1, 0.15) is 18.1 Å². The van der Waals surface area contributed by atoms with Crippen LogP contribution < -0.4 is 5.73 Å². The second-order valence-electron chi connectivity index (χ2n) is 3.19. The Kier molecular flexibility index (Phi) is 1.62. The molecule has 2 N–H and O–H groups in total. The average Bonchev–Trinajstić information content (AvgIpc) is 2.31. The number of rotatable bonds is 0. The van der Waals surface area contributed by atoms with Crippen molar-refractivity contribution in [2.45, 2.75) is 13.3 Å². The Bertz CT molecular complexity index is 366. The van der Waals surface area contributed by atoms with Crippen molar-refractivity contribution in [3.63, 3.8) is 0 Å². The predicted octanol–water partition coefficient (Wildman–Crippen LogP) is 2.79. The maximum atomic E-state index is 6.09. The van der Waals surface area contributed by atoms with Crippen molar-refractivity contribution in [1.82, 2.24) is 0 Å². The summed E-state index contributed by atoms with van der Waals surface area (Å²) in [4.78, 5) is 0. The lowest BCUT2D eigenvalue weighted by atomic mass is 10.1. The van der Waals surface area contributed by atoms with E-state index in [1.807, 2.05) is 18.2 Å². The molecule has 2 heteroatoms. The fraction of sp³-hybridized carbons (Fsp3) is 0.200. The summed E-state index contributed by atoms with van der Waals surface area (Å²) < 4.78 is 0. The molecule has 0 radical (unpaired) electrons. The lowest BCUT2D eigenvalue weighted by Crippen LogP contribution is -1.88. The van der Waals surface area contributed by atoms with Gasteiger partial charge in [0.2, 0.25) is 0 Å². The number of nitrogens with two attached hydrogens (primary N) is 1. The fourth-order valence-electron chi connectivity index (χ4n) is 1.55. The zero-order chi connectivity index (χ0) is 8.72. The Morgan fingerprint density at radius 3 is 2.92 bits per heavy atom. The normalized spacial score (nSPS) is 15.2. The Morgan fingerprint density at radius 2 is 2.17 bits per heavy atom. The van der Waals surface area contributed by atoms with Crippen molar-refractivity contribution in [3.05, 3.63) is 34.9 Å². The first kappa shape index (κ1) is 7.69. The highest BCUT2D eigenvalue weighted by Crippen LogP contribution is 2.36. The topological polar surface area (TPSA) is 26.0 Å². The maximum absolute atomic E-state index is 6.09. The summed E-state index contributed by atoms with van der Waals surface area (Å²) in [6.07, 6.45) is 0.967. The van der Waals surface area contributed by atoms with Crippen molar-refractivity contribution in [3.8, 4) is 0 Å². The van der Waals surface area contributed by atoms with Gasteiger partial charge >= 0.3 is 0 Å². The van der Waals surface area contributed by atoms with E-state index in [-0.39, 0.29) is 0 Å². The van der Waals surface area contributed by atoms with Crippen LogP contribution in [0.5, 0.6) is 0 Å². The Morgan fingerprint density at radius 1 is 1.42 bits per heavy atom. The van der Waals surface area contributed by atoms with E-state index in [4.69, 9.17) is 17.3 Å². The third kappa shape index (κ3) is 1.01. The minimum Gasteiger partial charge on any atom is -0.399 e. The van der Waals surface area contributed by atoms with Crippen molar-refractivity contribution >= 4 is 22.3 Å². The van der Waals surface area contributed by atoms with E-state index in [2.05, 4.69) is 6.92 Å². The quantitative estimate of drug-likeness (QED) is 0.609. The molecule has 62 valence electrons. The summed E-state index contributed by atoms with van der Waals surface area (Å²) in [6.45, 7) is 2.05. The number of anilines is 1. The van der Waals surface area contributed by atoms with E-state index in [1.54, 1.807) is 0 Å². The fourth-order valence-corrected chi connectivity index (χ4v) is 1.79. The minimum atomic E-state index is 0.779. The predicted molar refractivity (Wildman–Crippen MR) is 53.0 cm³/mol. The van der Waals surface area contributed by atoms with E-state index in [0.29, 0.717) is 0 Å². The van der Waals surface area contributed by atoms with Crippen LogP contribution in [0.4, 0.5) is 5.69 Å². The summed E-state index contributed by atoms with van der Waals surface area (Å²) in [5.74, 6) is 0. The van der Waals surface area contributed by atoms with E-state index in [9.17, 15) is 0 Å². The molecule has 1 aliphatic carbocycles. The van der Waals surface area contributed by atoms with Gasteiger partial charge in [0.1, 0.15) is 0 Å². The van der Waals surface area contributed by atoms with E-state index in [1.165, 1.54) is 11.1 Å². The van der Waals surface area contributed by atoms with Crippen LogP contribution in [0, 0.1) is 0 Å². The van der Waals surface area contributed by atoms with Gasteiger partial charge in [-0.1, -0.05) is 17.7 Å². The van der Waals surface area contributed by atoms with Gasteiger partial charge in [0.05, 0.1) is 0 Å². The number of nitrogen functional groups attached to an aromatic ring is 1. The molecule has 0 saturated heterocycles. The Labute approximate surface area is 76.8 Å². The number of allylic oxidation sites excluding steroid dienone is 1. The molecule has 0 aromatic heterocycles. The molecule has 1 aromatic rings.